The van der Waals surface area contributed by atoms with Crippen molar-refractivity contribution in [2.75, 3.05) is 7.11 Å². The summed E-state index contributed by atoms with van der Waals surface area (Å²) in [7, 11) is 1.71. The standard InChI is InChI=1S/C15H23NO/c1-11-9-13(7-8-15(11)17-2)14(16)10-12-5-3-4-6-12/h7-9,12,14H,3-6,10,16H2,1-2H3. The molecule has 1 atom stereocenters. The summed E-state index contributed by atoms with van der Waals surface area (Å²) in [6, 6.07) is 6.48. The molecule has 1 aromatic carbocycles. The van der Waals surface area contributed by atoms with Crippen molar-refractivity contribution in [3.63, 3.8) is 0 Å². The molecular formula is C15H23NO. The topological polar surface area (TPSA) is 35.2 Å². The fourth-order valence-corrected chi connectivity index (χ4v) is 2.87. The summed E-state index contributed by atoms with van der Waals surface area (Å²) in [6.07, 6.45) is 6.63. The van der Waals surface area contributed by atoms with E-state index in [-0.39, 0.29) is 6.04 Å². The first-order valence-electron chi connectivity index (χ1n) is 6.61. The lowest BCUT2D eigenvalue weighted by Gasteiger charge is -2.17. The quantitative estimate of drug-likeness (QED) is 0.862. The van der Waals surface area contributed by atoms with E-state index in [1.54, 1.807) is 7.11 Å². The number of aryl methyl sites for hydroxylation is 1. The monoisotopic (exact) mass is 233 g/mol. The van der Waals surface area contributed by atoms with Crippen molar-refractivity contribution < 1.29 is 4.74 Å². The third-order valence-electron chi connectivity index (χ3n) is 3.91. The van der Waals surface area contributed by atoms with Gasteiger partial charge in [0.1, 0.15) is 5.75 Å². The highest BCUT2D eigenvalue weighted by atomic mass is 16.5. The van der Waals surface area contributed by atoms with Gasteiger partial charge in [-0.15, -0.1) is 0 Å². The number of hydrogen-bond donors (Lipinski definition) is 1. The Hall–Kier alpha value is -1.02. The van der Waals surface area contributed by atoms with Crippen molar-refractivity contribution in [1.82, 2.24) is 0 Å². The van der Waals surface area contributed by atoms with Crippen LogP contribution in [-0.2, 0) is 0 Å². The van der Waals surface area contributed by atoms with Crippen molar-refractivity contribution in [3.8, 4) is 5.75 Å². The first-order valence-corrected chi connectivity index (χ1v) is 6.61. The molecule has 17 heavy (non-hydrogen) atoms. The molecule has 1 aliphatic carbocycles. The second kappa shape index (κ2) is 5.54. The minimum Gasteiger partial charge on any atom is -0.496 e. The highest BCUT2D eigenvalue weighted by Gasteiger charge is 2.19. The minimum atomic E-state index is 0.183. The van der Waals surface area contributed by atoms with E-state index in [9.17, 15) is 0 Å². The van der Waals surface area contributed by atoms with Crippen LogP contribution >= 0.6 is 0 Å². The summed E-state index contributed by atoms with van der Waals surface area (Å²) in [4.78, 5) is 0. The Morgan fingerprint density at radius 2 is 2.06 bits per heavy atom. The first-order chi connectivity index (χ1) is 8.20. The highest BCUT2D eigenvalue weighted by molar-refractivity contribution is 5.37. The molecule has 0 heterocycles. The van der Waals surface area contributed by atoms with Gasteiger partial charge in [0, 0.05) is 6.04 Å². The van der Waals surface area contributed by atoms with Gasteiger partial charge in [0.15, 0.2) is 0 Å². The maximum absolute atomic E-state index is 6.29. The van der Waals surface area contributed by atoms with Crippen molar-refractivity contribution in [2.45, 2.75) is 45.1 Å². The Morgan fingerprint density at radius 1 is 1.35 bits per heavy atom. The molecule has 2 rings (SSSR count). The van der Waals surface area contributed by atoms with Gasteiger partial charge in [-0.2, -0.15) is 0 Å². The minimum absolute atomic E-state index is 0.183. The molecular weight excluding hydrogens is 210 g/mol. The van der Waals surface area contributed by atoms with Crippen molar-refractivity contribution >= 4 is 0 Å². The van der Waals surface area contributed by atoms with Crippen LogP contribution in [0.5, 0.6) is 5.75 Å². The summed E-state index contributed by atoms with van der Waals surface area (Å²) in [5.41, 5.74) is 8.71. The Balaban J connectivity index is 2.02. The predicted molar refractivity (Wildman–Crippen MR) is 71.2 cm³/mol. The maximum Gasteiger partial charge on any atom is 0.121 e. The predicted octanol–water partition coefficient (Wildman–Crippen LogP) is 3.58. The molecule has 1 aliphatic rings. The lowest BCUT2D eigenvalue weighted by Crippen LogP contribution is -2.14. The average molecular weight is 233 g/mol. The second-order valence-electron chi connectivity index (χ2n) is 5.22. The number of methoxy groups -OCH3 is 1. The van der Waals surface area contributed by atoms with Gasteiger partial charge in [0.05, 0.1) is 7.11 Å². The molecule has 94 valence electrons. The van der Waals surface area contributed by atoms with Crippen LogP contribution in [0.15, 0.2) is 18.2 Å². The summed E-state index contributed by atoms with van der Waals surface area (Å²) in [5.74, 6) is 1.79. The summed E-state index contributed by atoms with van der Waals surface area (Å²) >= 11 is 0. The highest BCUT2D eigenvalue weighted by Crippen LogP contribution is 2.32. The number of hydrogen-bond acceptors (Lipinski definition) is 2. The lowest BCUT2D eigenvalue weighted by molar-refractivity contribution is 0.410. The van der Waals surface area contributed by atoms with Crippen LogP contribution < -0.4 is 10.5 Å². The summed E-state index contributed by atoms with van der Waals surface area (Å²) < 4.78 is 5.27. The zero-order chi connectivity index (χ0) is 12.3. The molecule has 0 radical (unpaired) electrons. The van der Waals surface area contributed by atoms with Gasteiger partial charge in [-0.05, 0) is 36.5 Å². The second-order valence-corrected chi connectivity index (χ2v) is 5.22. The number of benzene rings is 1. The molecule has 2 heteroatoms. The smallest absolute Gasteiger partial charge is 0.121 e. The van der Waals surface area contributed by atoms with Crippen LogP contribution in [0.1, 0.15) is 49.3 Å². The van der Waals surface area contributed by atoms with Gasteiger partial charge in [0.2, 0.25) is 0 Å². The average Bonchev–Trinajstić information content (AvgIpc) is 2.81. The van der Waals surface area contributed by atoms with E-state index in [4.69, 9.17) is 10.5 Å². The number of nitrogens with two attached hydrogens (primary N) is 1. The van der Waals surface area contributed by atoms with E-state index in [1.165, 1.54) is 36.8 Å². The SMILES string of the molecule is COc1ccc(C(N)CC2CCCC2)cc1C. The molecule has 2 nitrogen and oxygen atoms in total. The molecule has 0 bridgehead atoms. The van der Waals surface area contributed by atoms with E-state index >= 15 is 0 Å². The third kappa shape index (κ3) is 3.01. The van der Waals surface area contributed by atoms with Gasteiger partial charge in [0.25, 0.3) is 0 Å². The number of ether oxygens (including phenoxy) is 1. The van der Waals surface area contributed by atoms with Gasteiger partial charge < -0.3 is 10.5 Å². The van der Waals surface area contributed by atoms with Crippen molar-refractivity contribution in [1.29, 1.82) is 0 Å². The van der Waals surface area contributed by atoms with Gasteiger partial charge in [-0.1, -0.05) is 37.8 Å². The van der Waals surface area contributed by atoms with E-state index in [1.807, 2.05) is 6.07 Å². The van der Waals surface area contributed by atoms with Crippen molar-refractivity contribution in [2.24, 2.45) is 11.7 Å². The Kier molecular flexibility index (Phi) is 4.06. The molecule has 2 N–H and O–H groups in total. The van der Waals surface area contributed by atoms with Crippen LogP contribution in [0.25, 0.3) is 0 Å². The maximum atomic E-state index is 6.29. The van der Waals surface area contributed by atoms with Crippen LogP contribution in [0.2, 0.25) is 0 Å². The molecule has 0 aliphatic heterocycles. The largest absolute Gasteiger partial charge is 0.496 e. The molecule has 0 amide bonds. The molecule has 1 fully saturated rings. The first kappa shape index (κ1) is 12.4. The van der Waals surface area contributed by atoms with E-state index in [0.717, 1.165) is 18.1 Å². The number of rotatable bonds is 4. The molecule has 1 unspecified atom stereocenters. The van der Waals surface area contributed by atoms with Gasteiger partial charge >= 0.3 is 0 Å². The Labute approximate surface area is 104 Å². The lowest BCUT2D eigenvalue weighted by atomic mass is 9.93. The zero-order valence-corrected chi connectivity index (χ0v) is 10.9. The molecule has 1 aromatic rings. The van der Waals surface area contributed by atoms with Gasteiger partial charge in [-0.3, -0.25) is 0 Å². The Bertz CT molecular complexity index is 369. The van der Waals surface area contributed by atoms with Crippen LogP contribution in [0, 0.1) is 12.8 Å². The molecule has 0 aromatic heterocycles. The van der Waals surface area contributed by atoms with Crippen LogP contribution in [0.3, 0.4) is 0 Å². The van der Waals surface area contributed by atoms with E-state index in [2.05, 4.69) is 19.1 Å². The van der Waals surface area contributed by atoms with E-state index in [0.29, 0.717) is 0 Å². The summed E-state index contributed by atoms with van der Waals surface area (Å²) in [6.45, 7) is 2.07. The van der Waals surface area contributed by atoms with Crippen LogP contribution in [-0.4, -0.2) is 7.11 Å². The van der Waals surface area contributed by atoms with Crippen LogP contribution in [0.4, 0.5) is 0 Å². The Morgan fingerprint density at radius 3 is 2.65 bits per heavy atom. The molecule has 0 spiro atoms. The van der Waals surface area contributed by atoms with Gasteiger partial charge in [-0.25, -0.2) is 0 Å². The zero-order valence-electron chi connectivity index (χ0n) is 10.9. The fourth-order valence-electron chi connectivity index (χ4n) is 2.87. The van der Waals surface area contributed by atoms with E-state index < -0.39 is 0 Å². The third-order valence-corrected chi connectivity index (χ3v) is 3.91. The fraction of sp³-hybridized carbons (Fsp3) is 0.600. The summed E-state index contributed by atoms with van der Waals surface area (Å²) in [5, 5.41) is 0. The normalized spacial score (nSPS) is 18.3. The molecule has 1 saturated carbocycles. The van der Waals surface area contributed by atoms with Crippen molar-refractivity contribution in [3.05, 3.63) is 29.3 Å². The molecule has 0 saturated heterocycles.